The highest BCUT2D eigenvalue weighted by molar-refractivity contribution is 5.48. The Morgan fingerprint density at radius 1 is 1.26 bits per heavy atom. The molecule has 1 aromatic heterocycles. The van der Waals surface area contributed by atoms with Gasteiger partial charge in [0.15, 0.2) is 0 Å². The summed E-state index contributed by atoms with van der Waals surface area (Å²) in [6.07, 6.45) is 5.32. The summed E-state index contributed by atoms with van der Waals surface area (Å²) in [5.74, 6) is 0.368. The van der Waals surface area contributed by atoms with E-state index in [-0.39, 0.29) is 11.2 Å². The summed E-state index contributed by atoms with van der Waals surface area (Å²) in [5.41, 5.74) is 1.92. The molecular formula is C18H20N2O3. The number of hydrogen-bond acceptors (Lipinski definition) is 3. The van der Waals surface area contributed by atoms with Gasteiger partial charge < -0.3 is 4.74 Å². The normalized spacial score (nSPS) is 17.3. The summed E-state index contributed by atoms with van der Waals surface area (Å²) in [5, 5.41) is 0. The highest BCUT2D eigenvalue weighted by Gasteiger charge is 2.19. The number of aryl methyl sites for hydroxylation is 1. The van der Waals surface area contributed by atoms with E-state index >= 15 is 0 Å². The van der Waals surface area contributed by atoms with E-state index in [0.29, 0.717) is 24.7 Å². The van der Waals surface area contributed by atoms with Crippen molar-refractivity contribution in [2.45, 2.75) is 26.4 Å². The van der Waals surface area contributed by atoms with Crippen LogP contribution in [0.25, 0.3) is 5.70 Å². The predicted molar refractivity (Wildman–Crippen MR) is 89.2 cm³/mol. The standard InChI is InChI=1S/C18H20N2O3/c1-13-10-20(18(22)19-17(13)21)16-8-7-15(9-16)12-23-11-14-5-3-2-4-6-14/h2-6,8,10,15H,7,9,11-12H2,1H3,(H,19,21,22)/t15-/m1/s1. The van der Waals surface area contributed by atoms with Crippen LogP contribution in [0.5, 0.6) is 0 Å². The van der Waals surface area contributed by atoms with Gasteiger partial charge in [0, 0.05) is 17.5 Å². The van der Waals surface area contributed by atoms with Crippen molar-refractivity contribution < 1.29 is 4.74 Å². The van der Waals surface area contributed by atoms with Gasteiger partial charge in [-0.25, -0.2) is 4.79 Å². The monoisotopic (exact) mass is 312 g/mol. The van der Waals surface area contributed by atoms with E-state index in [9.17, 15) is 9.59 Å². The fraction of sp³-hybridized carbons (Fsp3) is 0.333. The largest absolute Gasteiger partial charge is 0.376 e. The molecule has 0 aliphatic heterocycles. The number of allylic oxidation sites excluding steroid dienone is 2. The summed E-state index contributed by atoms with van der Waals surface area (Å²) in [6.45, 7) is 2.96. The van der Waals surface area contributed by atoms with E-state index in [4.69, 9.17) is 4.74 Å². The Morgan fingerprint density at radius 2 is 2.04 bits per heavy atom. The number of aromatic nitrogens is 2. The van der Waals surface area contributed by atoms with E-state index in [1.54, 1.807) is 13.1 Å². The van der Waals surface area contributed by atoms with E-state index in [1.165, 1.54) is 4.57 Å². The van der Waals surface area contributed by atoms with Crippen LogP contribution in [0.2, 0.25) is 0 Å². The Kier molecular flexibility index (Phi) is 4.57. The molecule has 0 fully saturated rings. The van der Waals surface area contributed by atoms with E-state index in [0.717, 1.165) is 24.1 Å². The number of ether oxygens (including phenoxy) is 1. The summed E-state index contributed by atoms with van der Waals surface area (Å²) >= 11 is 0. The van der Waals surface area contributed by atoms with Gasteiger partial charge in [-0.3, -0.25) is 14.3 Å². The molecule has 0 unspecified atom stereocenters. The van der Waals surface area contributed by atoms with Crippen molar-refractivity contribution in [1.29, 1.82) is 0 Å². The molecule has 120 valence electrons. The average molecular weight is 312 g/mol. The van der Waals surface area contributed by atoms with E-state index < -0.39 is 0 Å². The summed E-state index contributed by atoms with van der Waals surface area (Å²) in [6, 6.07) is 10.1. The first-order valence-corrected chi connectivity index (χ1v) is 7.77. The van der Waals surface area contributed by atoms with Gasteiger partial charge in [0.25, 0.3) is 5.56 Å². The van der Waals surface area contributed by atoms with Crippen LogP contribution in [0.1, 0.15) is 24.0 Å². The third-order valence-corrected chi connectivity index (χ3v) is 4.08. The lowest BCUT2D eigenvalue weighted by atomic mass is 10.1. The lowest BCUT2D eigenvalue weighted by Gasteiger charge is -2.12. The van der Waals surface area contributed by atoms with Crippen molar-refractivity contribution in [3.8, 4) is 0 Å². The van der Waals surface area contributed by atoms with Gasteiger partial charge in [-0.05, 0) is 31.2 Å². The van der Waals surface area contributed by atoms with Crippen LogP contribution in [0.15, 0.2) is 52.2 Å². The Hall–Kier alpha value is -2.40. The van der Waals surface area contributed by atoms with Crippen molar-refractivity contribution in [1.82, 2.24) is 9.55 Å². The minimum atomic E-state index is -0.377. The molecule has 2 aromatic rings. The van der Waals surface area contributed by atoms with E-state index in [2.05, 4.69) is 11.1 Å². The molecule has 0 radical (unpaired) electrons. The van der Waals surface area contributed by atoms with Crippen molar-refractivity contribution >= 4 is 5.70 Å². The zero-order valence-electron chi connectivity index (χ0n) is 13.1. The van der Waals surface area contributed by atoms with Gasteiger partial charge >= 0.3 is 5.69 Å². The average Bonchev–Trinajstić information content (AvgIpc) is 3.00. The summed E-state index contributed by atoms with van der Waals surface area (Å²) < 4.78 is 7.32. The lowest BCUT2D eigenvalue weighted by molar-refractivity contribution is 0.0907. The zero-order valence-corrected chi connectivity index (χ0v) is 13.1. The number of hydrogen-bond donors (Lipinski definition) is 1. The fourth-order valence-corrected chi connectivity index (χ4v) is 2.79. The van der Waals surface area contributed by atoms with Gasteiger partial charge in [0.05, 0.1) is 13.2 Å². The van der Waals surface area contributed by atoms with Crippen LogP contribution < -0.4 is 11.2 Å². The first-order chi connectivity index (χ1) is 11.1. The number of nitrogens with one attached hydrogen (secondary N) is 1. The fourth-order valence-electron chi connectivity index (χ4n) is 2.79. The molecule has 23 heavy (non-hydrogen) atoms. The summed E-state index contributed by atoms with van der Waals surface area (Å²) in [7, 11) is 0. The SMILES string of the molecule is Cc1cn(C2=CC[C@@H](COCc3ccccc3)C2)c(=O)[nH]c1=O. The highest BCUT2D eigenvalue weighted by Crippen LogP contribution is 2.27. The summed E-state index contributed by atoms with van der Waals surface area (Å²) in [4.78, 5) is 25.7. The van der Waals surface area contributed by atoms with Gasteiger partial charge in [-0.1, -0.05) is 36.4 Å². The Balaban J connectivity index is 1.57. The van der Waals surface area contributed by atoms with Gasteiger partial charge in [-0.15, -0.1) is 0 Å². The number of aromatic amines is 1. The van der Waals surface area contributed by atoms with Crippen molar-refractivity contribution in [3.05, 3.63) is 74.6 Å². The van der Waals surface area contributed by atoms with Crippen LogP contribution in [0.3, 0.4) is 0 Å². The third kappa shape index (κ3) is 3.68. The number of benzene rings is 1. The molecule has 3 rings (SSSR count). The molecule has 1 aromatic carbocycles. The van der Waals surface area contributed by atoms with Gasteiger partial charge in [0.1, 0.15) is 0 Å². The highest BCUT2D eigenvalue weighted by atomic mass is 16.5. The molecule has 0 bridgehead atoms. The van der Waals surface area contributed by atoms with Crippen LogP contribution in [0.4, 0.5) is 0 Å². The van der Waals surface area contributed by atoms with Gasteiger partial charge in [-0.2, -0.15) is 0 Å². The van der Waals surface area contributed by atoms with Crippen molar-refractivity contribution in [3.63, 3.8) is 0 Å². The predicted octanol–water partition coefficient (Wildman–Crippen LogP) is 2.31. The molecule has 0 spiro atoms. The minimum Gasteiger partial charge on any atom is -0.376 e. The second-order valence-electron chi connectivity index (χ2n) is 5.94. The molecule has 1 aliphatic rings. The maximum atomic E-state index is 11.9. The molecule has 1 atom stereocenters. The molecule has 1 N–H and O–H groups in total. The molecule has 5 heteroatoms. The molecule has 0 amide bonds. The molecule has 1 aliphatic carbocycles. The zero-order chi connectivity index (χ0) is 16.2. The Bertz CT molecular complexity index is 818. The smallest absolute Gasteiger partial charge is 0.332 e. The second-order valence-corrected chi connectivity index (χ2v) is 5.94. The van der Waals surface area contributed by atoms with Crippen LogP contribution >= 0.6 is 0 Å². The Morgan fingerprint density at radius 3 is 2.83 bits per heavy atom. The topological polar surface area (TPSA) is 64.1 Å². The number of rotatable bonds is 5. The quantitative estimate of drug-likeness (QED) is 0.921. The molecular weight excluding hydrogens is 292 g/mol. The Labute approximate surface area is 134 Å². The van der Waals surface area contributed by atoms with Crippen LogP contribution in [-0.2, 0) is 11.3 Å². The molecule has 5 nitrogen and oxygen atoms in total. The van der Waals surface area contributed by atoms with Crippen molar-refractivity contribution in [2.75, 3.05) is 6.61 Å². The first kappa shape index (κ1) is 15.5. The maximum Gasteiger partial charge on any atom is 0.332 e. The molecule has 0 saturated heterocycles. The maximum absolute atomic E-state index is 11.9. The molecule has 0 saturated carbocycles. The van der Waals surface area contributed by atoms with E-state index in [1.807, 2.05) is 30.3 Å². The minimum absolute atomic E-state index is 0.326. The van der Waals surface area contributed by atoms with Crippen molar-refractivity contribution in [2.24, 2.45) is 5.92 Å². The van der Waals surface area contributed by atoms with Gasteiger partial charge in [0.2, 0.25) is 0 Å². The van der Waals surface area contributed by atoms with Crippen LogP contribution in [-0.4, -0.2) is 16.2 Å². The lowest BCUT2D eigenvalue weighted by Crippen LogP contribution is -2.30. The number of nitrogens with zero attached hydrogens (tertiary/aromatic N) is 1. The molecule has 1 heterocycles. The number of H-pyrrole nitrogens is 1. The third-order valence-electron chi connectivity index (χ3n) is 4.08. The van der Waals surface area contributed by atoms with Crippen LogP contribution in [0, 0.1) is 12.8 Å². The first-order valence-electron chi connectivity index (χ1n) is 7.77. The second kappa shape index (κ2) is 6.79.